The molecule has 0 aromatic heterocycles. The van der Waals surface area contributed by atoms with Crippen LogP contribution in [0.2, 0.25) is 0 Å². The Morgan fingerprint density at radius 1 is 1.33 bits per heavy atom. The zero-order chi connectivity index (χ0) is 13.5. The number of halogens is 2. The number of alkyl halides is 2. The average Bonchev–Trinajstić information content (AvgIpc) is 2.37. The van der Waals surface area contributed by atoms with Crippen molar-refractivity contribution in [2.24, 2.45) is 5.73 Å². The van der Waals surface area contributed by atoms with Crippen molar-refractivity contribution in [3.05, 3.63) is 35.4 Å². The molecule has 1 aromatic rings. The summed E-state index contributed by atoms with van der Waals surface area (Å²) in [5.74, 6) is 1.00. The molecule has 1 atom stereocenters. The van der Waals surface area contributed by atoms with Crippen LogP contribution in [-0.4, -0.2) is 37.0 Å². The Labute approximate surface area is 112 Å². The van der Waals surface area contributed by atoms with Gasteiger partial charge in [0, 0.05) is 30.4 Å². The molecule has 1 aromatic carbocycles. The van der Waals surface area contributed by atoms with Gasteiger partial charge >= 0.3 is 0 Å². The van der Waals surface area contributed by atoms with Crippen molar-refractivity contribution in [3.63, 3.8) is 0 Å². The molecule has 2 N–H and O–H groups in total. The maximum atomic E-state index is 12.7. The van der Waals surface area contributed by atoms with Crippen LogP contribution in [0, 0.1) is 0 Å². The van der Waals surface area contributed by atoms with Gasteiger partial charge in [-0.2, -0.15) is 11.8 Å². The van der Waals surface area contributed by atoms with Crippen molar-refractivity contribution in [3.8, 4) is 0 Å². The van der Waals surface area contributed by atoms with Crippen LogP contribution < -0.4 is 5.73 Å². The Hall–Kier alpha value is -0.650. The van der Waals surface area contributed by atoms with E-state index < -0.39 is 6.43 Å². The smallest absolute Gasteiger partial charge is 0.263 e. The standard InChI is InChI=1S/C13H20F2N2S/c1-17(6-7-18-2)12(9-16)10-4-3-5-11(8-10)13(14)15/h3-5,8,12-13H,6-7,9,16H2,1-2H3. The fourth-order valence-corrected chi connectivity index (χ4v) is 2.33. The first-order valence-corrected chi connectivity index (χ1v) is 7.26. The van der Waals surface area contributed by atoms with Crippen molar-refractivity contribution in [1.82, 2.24) is 4.90 Å². The molecule has 0 radical (unpaired) electrons. The summed E-state index contributed by atoms with van der Waals surface area (Å²) in [5, 5.41) is 0. The molecule has 0 saturated carbocycles. The highest BCUT2D eigenvalue weighted by Crippen LogP contribution is 2.24. The van der Waals surface area contributed by atoms with E-state index in [2.05, 4.69) is 4.90 Å². The van der Waals surface area contributed by atoms with E-state index in [1.807, 2.05) is 19.4 Å². The number of rotatable bonds is 7. The molecule has 5 heteroatoms. The molecule has 0 bridgehead atoms. The number of nitrogens with zero attached hydrogens (tertiary/aromatic N) is 1. The molecular formula is C13H20F2N2S. The Morgan fingerprint density at radius 2 is 2.00 bits per heavy atom. The Bertz CT molecular complexity index is 361. The lowest BCUT2D eigenvalue weighted by Gasteiger charge is -2.27. The van der Waals surface area contributed by atoms with Gasteiger partial charge in [-0.15, -0.1) is 0 Å². The number of benzene rings is 1. The second-order valence-electron chi connectivity index (χ2n) is 4.20. The molecule has 102 valence electrons. The van der Waals surface area contributed by atoms with Crippen LogP contribution in [-0.2, 0) is 0 Å². The molecular weight excluding hydrogens is 254 g/mol. The van der Waals surface area contributed by atoms with E-state index in [4.69, 9.17) is 5.73 Å². The molecule has 0 aliphatic rings. The van der Waals surface area contributed by atoms with Gasteiger partial charge in [0.2, 0.25) is 0 Å². The number of hydrogen-bond donors (Lipinski definition) is 1. The van der Waals surface area contributed by atoms with E-state index in [1.165, 1.54) is 6.07 Å². The summed E-state index contributed by atoms with van der Waals surface area (Å²) in [4.78, 5) is 2.11. The summed E-state index contributed by atoms with van der Waals surface area (Å²) < 4.78 is 25.3. The number of hydrogen-bond acceptors (Lipinski definition) is 3. The van der Waals surface area contributed by atoms with E-state index in [9.17, 15) is 8.78 Å². The van der Waals surface area contributed by atoms with Gasteiger partial charge in [-0.25, -0.2) is 8.78 Å². The first kappa shape index (κ1) is 15.4. The Kier molecular flexibility index (Phi) is 6.60. The molecule has 0 heterocycles. The van der Waals surface area contributed by atoms with Gasteiger partial charge in [-0.3, -0.25) is 4.90 Å². The summed E-state index contributed by atoms with van der Waals surface area (Å²) in [6.45, 7) is 1.32. The predicted octanol–water partition coefficient (Wildman–Crippen LogP) is 2.92. The summed E-state index contributed by atoms with van der Waals surface area (Å²) in [6.07, 6.45) is -0.386. The van der Waals surface area contributed by atoms with Gasteiger partial charge in [-0.05, 0) is 24.9 Å². The van der Waals surface area contributed by atoms with Gasteiger partial charge in [-0.1, -0.05) is 18.2 Å². The molecule has 0 aliphatic heterocycles. The molecule has 0 aliphatic carbocycles. The first-order valence-electron chi connectivity index (χ1n) is 5.87. The zero-order valence-corrected chi connectivity index (χ0v) is 11.6. The first-order chi connectivity index (χ1) is 8.60. The van der Waals surface area contributed by atoms with Crippen LogP contribution in [0.3, 0.4) is 0 Å². The maximum Gasteiger partial charge on any atom is 0.263 e. The second-order valence-corrected chi connectivity index (χ2v) is 5.18. The van der Waals surface area contributed by atoms with Crippen molar-refractivity contribution in [1.29, 1.82) is 0 Å². The number of thioether (sulfide) groups is 1. The minimum atomic E-state index is -2.43. The third-order valence-electron chi connectivity index (χ3n) is 2.95. The van der Waals surface area contributed by atoms with Crippen LogP contribution >= 0.6 is 11.8 Å². The monoisotopic (exact) mass is 274 g/mol. The van der Waals surface area contributed by atoms with Crippen LogP contribution in [0.1, 0.15) is 23.6 Å². The van der Waals surface area contributed by atoms with Crippen molar-refractivity contribution >= 4 is 11.8 Å². The highest BCUT2D eigenvalue weighted by atomic mass is 32.2. The van der Waals surface area contributed by atoms with E-state index in [1.54, 1.807) is 23.9 Å². The lowest BCUT2D eigenvalue weighted by Crippen LogP contribution is -2.32. The SMILES string of the molecule is CSCCN(C)C(CN)c1cccc(C(F)F)c1. The molecule has 0 amide bonds. The van der Waals surface area contributed by atoms with E-state index in [0.29, 0.717) is 6.54 Å². The predicted molar refractivity (Wildman–Crippen MR) is 74.2 cm³/mol. The quantitative estimate of drug-likeness (QED) is 0.829. The van der Waals surface area contributed by atoms with Crippen LogP contribution in [0.15, 0.2) is 24.3 Å². The molecule has 0 spiro atoms. The van der Waals surface area contributed by atoms with Gasteiger partial charge in [0.25, 0.3) is 6.43 Å². The van der Waals surface area contributed by atoms with Crippen molar-refractivity contribution < 1.29 is 8.78 Å². The highest BCUT2D eigenvalue weighted by molar-refractivity contribution is 7.98. The Morgan fingerprint density at radius 3 is 2.56 bits per heavy atom. The van der Waals surface area contributed by atoms with Crippen LogP contribution in [0.25, 0.3) is 0 Å². The summed E-state index contributed by atoms with van der Waals surface area (Å²) in [5.41, 5.74) is 6.69. The normalized spacial score (nSPS) is 13.3. The molecule has 2 nitrogen and oxygen atoms in total. The van der Waals surface area contributed by atoms with Crippen molar-refractivity contribution in [2.75, 3.05) is 32.1 Å². The minimum Gasteiger partial charge on any atom is -0.329 e. The van der Waals surface area contributed by atoms with Gasteiger partial charge in [0.05, 0.1) is 0 Å². The molecule has 1 rings (SSSR count). The number of likely N-dealkylation sites (N-methyl/N-ethyl adjacent to an activating group) is 1. The van der Waals surface area contributed by atoms with E-state index >= 15 is 0 Å². The van der Waals surface area contributed by atoms with Crippen LogP contribution in [0.5, 0.6) is 0 Å². The molecule has 0 fully saturated rings. The van der Waals surface area contributed by atoms with Gasteiger partial charge in [0.15, 0.2) is 0 Å². The molecule has 1 unspecified atom stereocenters. The molecule has 18 heavy (non-hydrogen) atoms. The van der Waals surface area contributed by atoms with Crippen LogP contribution in [0.4, 0.5) is 8.78 Å². The van der Waals surface area contributed by atoms with E-state index in [-0.39, 0.29) is 11.6 Å². The lowest BCUT2D eigenvalue weighted by atomic mass is 10.0. The Balaban J connectivity index is 2.84. The lowest BCUT2D eigenvalue weighted by molar-refractivity contribution is 0.151. The number of nitrogens with two attached hydrogens (primary N) is 1. The summed E-state index contributed by atoms with van der Waals surface area (Å²) in [6, 6.07) is 6.53. The largest absolute Gasteiger partial charge is 0.329 e. The van der Waals surface area contributed by atoms with Gasteiger partial charge < -0.3 is 5.73 Å². The maximum absolute atomic E-state index is 12.7. The fourth-order valence-electron chi connectivity index (χ4n) is 1.86. The average molecular weight is 274 g/mol. The topological polar surface area (TPSA) is 29.3 Å². The zero-order valence-electron chi connectivity index (χ0n) is 10.8. The third kappa shape index (κ3) is 4.23. The minimum absolute atomic E-state index is 0.00384. The fraction of sp³-hybridized carbons (Fsp3) is 0.538. The van der Waals surface area contributed by atoms with E-state index in [0.717, 1.165) is 17.9 Å². The van der Waals surface area contributed by atoms with Gasteiger partial charge in [0.1, 0.15) is 0 Å². The molecule has 0 saturated heterocycles. The highest BCUT2D eigenvalue weighted by Gasteiger charge is 2.17. The summed E-state index contributed by atoms with van der Waals surface area (Å²) >= 11 is 1.76. The van der Waals surface area contributed by atoms with Crippen molar-refractivity contribution in [2.45, 2.75) is 12.5 Å². The summed E-state index contributed by atoms with van der Waals surface area (Å²) in [7, 11) is 1.97. The third-order valence-corrected chi connectivity index (χ3v) is 3.54. The second kappa shape index (κ2) is 7.71.